The van der Waals surface area contributed by atoms with Crippen molar-refractivity contribution in [2.24, 2.45) is 0 Å². The molecule has 0 N–H and O–H groups in total. The van der Waals surface area contributed by atoms with E-state index in [9.17, 15) is 13.2 Å². The minimum Gasteiger partial charge on any atom is -0.335 e. The monoisotopic (exact) mass is 431 g/mol. The average molecular weight is 432 g/mol. The molecular formula is C23H29NO3S2. The summed E-state index contributed by atoms with van der Waals surface area (Å²) in [5.41, 5.74) is 1.24. The largest absolute Gasteiger partial charge is 0.335 e. The van der Waals surface area contributed by atoms with Crippen molar-refractivity contribution in [3.8, 4) is 0 Å². The minimum atomic E-state index is -3.00. The molecule has 1 heterocycles. The summed E-state index contributed by atoms with van der Waals surface area (Å²) in [5, 5.41) is 2.46. The summed E-state index contributed by atoms with van der Waals surface area (Å²) < 4.78 is 24.1. The van der Waals surface area contributed by atoms with Gasteiger partial charge in [-0.3, -0.25) is 4.79 Å². The van der Waals surface area contributed by atoms with Crippen molar-refractivity contribution in [3.05, 3.63) is 48.0 Å². The van der Waals surface area contributed by atoms with E-state index < -0.39 is 9.84 Å². The molecule has 6 heteroatoms. The molecule has 0 aromatic heterocycles. The summed E-state index contributed by atoms with van der Waals surface area (Å²) in [4.78, 5) is 15.2. The maximum absolute atomic E-state index is 13.2. The number of nitrogens with zero attached hydrogens (tertiary/aromatic N) is 1. The first-order valence-electron chi connectivity index (χ1n) is 10.6. The second-order valence-electron chi connectivity index (χ2n) is 8.28. The van der Waals surface area contributed by atoms with E-state index in [0.29, 0.717) is 12.2 Å². The van der Waals surface area contributed by atoms with Crippen LogP contribution in [0.15, 0.2) is 42.5 Å². The van der Waals surface area contributed by atoms with Crippen LogP contribution in [0.1, 0.15) is 44.1 Å². The van der Waals surface area contributed by atoms with E-state index >= 15 is 0 Å². The van der Waals surface area contributed by atoms with Gasteiger partial charge in [-0.2, -0.15) is 0 Å². The Morgan fingerprint density at radius 3 is 2.48 bits per heavy atom. The lowest BCUT2D eigenvalue weighted by atomic mass is 9.93. The molecule has 1 unspecified atom stereocenters. The molecule has 2 fully saturated rings. The van der Waals surface area contributed by atoms with Gasteiger partial charge in [0.1, 0.15) is 0 Å². The number of thioether (sulfide) groups is 1. The van der Waals surface area contributed by atoms with Crippen molar-refractivity contribution in [1.29, 1.82) is 0 Å². The number of fused-ring (bicyclic) bond motifs is 1. The van der Waals surface area contributed by atoms with Crippen LogP contribution in [0.3, 0.4) is 0 Å². The molecule has 0 bridgehead atoms. The Morgan fingerprint density at radius 2 is 1.72 bits per heavy atom. The van der Waals surface area contributed by atoms with Crippen molar-refractivity contribution in [3.63, 3.8) is 0 Å². The molecule has 2 aromatic carbocycles. The molecule has 29 heavy (non-hydrogen) atoms. The molecule has 1 aliphatic carbocycles. The number of rotatable bonds is 6. The van der Waals surface area contributed by atoms with Crippen LogP contribution in [0.4, 0.5) is 0 Å². The molecule has 0 spiro atoms. The van der Waals surface area contributed by atoms with Crippen LogP contribution in [0.5, 0.6) is 0 Å². The first-order chi connectivity index (χ1) is 14.0. The van der Waals surface area contributed by atoms with Crippen molar-refractivity contribution in [1.82, 2.24) is 4.90 Å². The van der Waals surface area contributed by atoms with Gasteiger partial charge in [-0.25, -0.2) is 8.42 Å². The topological polar surface area (TPSA) is 54.5 Å². The number of carbonyl (C=O) groups is 1. The zero-order chi connectivity index (χ0) is 20.3. The van der Waals surface area contributed by atoms with E-state index in [1.807, 2.05) is 17.0 Å². The van der Waals surface area contributed by atoms with E-state index in [-0.39, 0.29) is 29.5 Å². The average Bonchev–Trinajstić information content (AvgIpc) is 3.08. The van der Waals surface area contributed by atoms with Crippen LogP contribution in [0, 0.1) is 0 Å². The molecule has 4 nitrogen and oxygen atoms in total. The SMILES string of the molecule is O=C(CSCc1cccc2ccccc12)N(C1CCCCC1)C1CCS(=O)(=O)C1. The summed E-state index contributed by atoms with van der Waals surface area (Å²) in [6.45, 7) is 0. The van der Waals surface area contributed by atoms with Gasteiger partial charge in [0.05, 0.1) is 17.3 Å². The maximum atomic E-state index is 13.2. The molecular weight excluding hydrogens is 402 g/mol. The fourth-order valence-electron chi connectivity index (χ4n) is 4.80. The van der Waals surface area contributed by atoms with Crippen molar-refractivity contribution in [2.45, 2.75) is 56.4 Å². The predicted octanol–water partition coefficient (Wildman–Crippen LogP) is 4.42. The van der Waals surface area contributed by atoms with E-state index in [0.717, 1.165) is 31.4 Å². The van der Waals surface area contributed by atoms with Crippen LogP contribution in [-0.4, -0.2) is 48.6 Å². The highest BCUT2D eigenvalue weighted by atomic mass is 32.2. The number of benzene rings is 2. The smallest absolute Gasteiger partial charge is 0.233 e. The fraction of sp³-hybridized carbons (Fsp3) is 0.522. The van der Waals surface area contributed by atoms with Gasteiger partial charge in [-0.1, -0.05) is 61.7 Å². The standard InChI is InChI=1S/C23H29NO3S2/c25-23(16-28-15-19-9-6-8-18-7-4-5-12-22(18)19)24(20-10-2-1-3-11-20)21-13-14-29(26,27)17-21/h4-9,12,20-21H,1-3,10-11,13-17H2. The van der Waals surface area contributed by atoms with E-state index in [4.69, 9.17) is 0 Å². The molecule has 1 amide bonds. The second-order valence-corrected chi connectivity index (χ2v) is 11.5. The Bertz CT molecular complexity index is 962. The number of hydrogen-bond donors (Lipinski definition) is 0. The number of amides is 1. The number of sulfone groups is 1. The van der Waals surface area contributed by atoms with Crippen LogP contribution in [0.2, 0.25) is 0 Å². The Balaban J connectivity index is 1.43. The van der Waals surface area contributed by atoms with Crippen LogP contribution >= 0.6 is 11.8 Å². The third-order valence-electron chi connectivity index (χ3n) is 6.22. The van der Waals surface area contributed by atoms with E-state index in [2.05, 4.69) is 30.3 Å². The molecule has 156 valence electrons. The van der Waals surface area contributed by atoms with Gasteiger partial charge in [0.15, 0.2) is 9.84 Å². The number of carbonyl (C=O) groups excluding carboxylic acids is 1. The van der Waals surface area contributed by atoms with Crippen molar-refractivity contribution < 1.29 is 13.2 Å². The highest BCUT2D eigenvalue weighted by Gasteiger charge is 2.38. The molecule has 0 radical (unpaired) electrons. The summed E-state index contributed by atoms with van der Waals surface area (Å²) in [7, 11) is -3.00. The summed E-state index contributed by atoms with van der Waals surface area (Å²) in [6.07, 6.45) is 6.11. The van der Waals surface area contributed by atoms with Crippen LogP contribution in [-0.2, 0) is 20.4 Å². The zero-order valence-corrected chi connectivity index (χ0v) is 18.4. The Labute approximate surface area is 178 Å². The maximum Gasteiger partial charge on any atom is 0.233 e. The van der Waals surface area contributed by atoms with Crippen LogP contribution in [0.25, 0.3) is 10.8 Å². The third-order valence-corrected chi connectivity index (χ3v) is 8.94. The van der Waals surface area contributed by atoms with Crippen molar-refractivity contribution >= 4 is 38.3 Å². The zero-order valence-electron chi connectivity index (χ0n) is 16.8. The third kappa shape index (κ3) is 4.97. The minimum absolute atomic E-state index is 0.115. The van der Waals surface area contributed by atoms with Gasteiger partial charge in [-0.05, 0) is 35.6 Å². The molecule has 2 aliphatic rings. The van der Waals surface area contributed by atoms with Gasteiger partial charge < -0.3 is 4.90 Å². The molecule has 1 saturated heterocycles. The highest BCUT2D eigenvalue weighted by Crippen LogP contribution is 2.30. The quantitative estimate of drug-likeness (QED) is 0.679. The van der Waals surface area contributed by atoms with E-state index in [1.165, 1.54) is 22.8 Å². The first-order valence-corrected chi connectivity index (χ1v) is 13.6. The normalized spacial score (nSPS) is 22.0. The summed E-state index contributed by atoms with van der Waals surface area (Å²) in [5.74, 6) is 1.68. The summed E-state index contributed by atoms with van der Waals surface area (Å²) >= 11 is 1.64. The lowest BCUT2D eigenvalue weighted by Crippen LogP contribution is -2.49. The van der Waals surface area contributed by atoms with Gasteiger partial charge in [0, 0.05) is 17.8 Å². The van der Waals surface area contributed by atoms with Crippen LogP contribution < -0.4 is 0 Å². The van der Waals surface area contributed by atoms with Gasteiger partial charge in [0.2, 0.25) is 5.91 Å². The Morgan fingerprint density at radius 1 is 0.966 bits per heavy atom. The van der Waals surface area contributed by atoms with E-state index in [1.54, 1.807) is 11.8 Å². The molecule has 1 saturated carbocycles. The Hall–Kier alpha value is -1.53. The lowest BCUT2D eigenvalue weighted by molar-refractivity contribution is -0.133. The summed E-state index contributed by atoms with van der Waals surface area (Å²) in [6, 6.07) is 14.7. The number of hydrogen-bond acceptors (Lipinski definition) is 4. The fourth-order valence-corrected chi connectivity index (χ4v) is 7.41. The van der Waals surface area contributed by atoms with Crippen molar-refractivity contribution in [2.75, 3.05) is 17.3 Å². The predicted molar refractivity (Wildman–Crippen MR) is 121 cm³/mol. The van der Waals surface area contributed by atoms with Gasteiger partial charge in [-0.15, -0.1) is 11.8 Å². The molecule has 2 aromatic rings. The lowest BCUT2D eigenvalue weighted by Gasteiger charge is -2.38. The first kappa shape index (κ1) is 20.7. The highest BCUT2D eigenvalue weighted by molar-refractivity contribution is 7.99. The Kier molecular flexibility index (Phi) is 6.50. The molecule has 1 aliphatic heterocycles. The molecule has 1 atom stereocenters. The second kappa shape index (κ2) is 9.09. The van der Waals surface area contributed by atoms with Gasteiger partial charge in [0.25, 0.3) is 0 Å². The molecule has 4 rings (SSSR count). The van der Waals surface area contributed by atoms with Gasteiger partial charge >= 0.3 is 0 Å².